The molecular formula is C17H22ClFN2. The van der Waals surface area contributed by atoms with Crippen LogP contribution < -0.4 is 0 Å². The van der Waals surface area contributed by atoms with Gasteiger partial charge in [-0.05, 0) is 37.3 Å². The van der Waals surface area contributed by atoms with Crippen molar-refractivity contribution in [2.24, 2.45) is 5.92 Å². The lowest BCUT2D eigenvalue weighted by atomic mass is 9.84. The lowest BCUT2D eigenvalue weighted by molar-refractivity contribution is 0.262. The van der Waals surface area contributed by atoms with Crippen molar-refractivity contribution in [3.8, 4) is 0 Å². The number of hydrogen-bond acceptors (Lipinski definition) is 1. The molecule has 114 valence electrons. The molecule has 0 spiro atoms. The van der Waals surface area contributed by atoms with Crippen LogP contribution in [0.15, 0.2) is 12.1 Å². The molecule has 0 radical (unpaired) electrons. The summed E-state index contributed by atoms with van der Waals surface area (Å²) in [7, 11) is 0. The first-order valence-corrected chi connectivity index (χ1v) is 8.40. The Labute approximate surface area is 130 Å². The number of imidazole rings is 1. The SMILES string of the molecule is CCC1CCCC(n2c(CCl)nc3cc(F)c(C)cc32)C1. The van der Waals surface area contributed by atoms with Crippen molar-refractivity contribution in [2.45, 2.75) is 57.9 Å². The molecule has 1 saturated carbocycles. The Morgan fingerprint density at radius 2 is 2.19 bits per heavy atom. The number of nitrogens with zero attached hydrogens (tertiary/aromatic N) is 2. The molecule has 1 aliphatic rings. The summed E-state index contributed by atoms with van der Waals surface area (Å²) >= 11 is 6.10. The van der Waals surface area contributed by atoms with Crippen LogP contribution in [-0.4, -0.2) is 9.55 Å². The fourth-order valence-electron chi connectivity index (χ4n) is 3.64. The van der Waals surface area contributed by atoms with Crippen molar-refractivity contribution in [2.75, 3.05) is 0 Å². The maximum absolute atomic E-state index is 13.8. The van der Waals surface area contributed by atoms with Crippen molar-refractivity contribution < 1.29 is 4.39 Å². The molecule has 2 unspecified atom stereocenters. The van der Waals surface area contributed by atoms with Gasteiger partial charge in [0.05, 0.1) is 16.9 Å². The second-order valence-corrected chi connectivity index (χ2v) is 6.48. The standard InChI is InChI=1S/C17H22ClFN2/c1-3-12-5-4-6-13(8-12)21-16-7-11(2)14(19)9-15(16)20-17(21)10-18/h7,9,12-13H,3-6,8,10H2,1-2H3. The highest BCUT2D eigenvalue weighted by Gasteiger charge is 2.25. The highest BCUT2D eigenvalue weighted by atomic mass is 35.5. The smallest absolute Gasteiger partial charge is 0.128 e. The Hall–Kier alpha value is -1.09. The molecule has 1 fully saturated rings. The van der Waals surface area contributed by atoms with Crippen molar-refractivity contribution in [3.63, 3.8) is 0 Å². The molecule has 2 aromatic rings. The fraction of sp³-hybridized carbons (Fsp3) is 0.588. The molecule has 1 aromatic carbocycles. The van der Waals surface area contributed by atoms with E-state index >= 15 is 0 Å². The van der Waals surface area contributed by atoms with Gasteiger partial charge in [-0.2, -0.15) is 0 Å². The second kappa shape index (κ2) is 5.96. The molecule has 1 heterocycles. The molecule has 0 N–H and O–H groups in total. The van der Waals surface area contributed by atoms with Gasteiger partial charge in [0, 0.05) is 12.1 Å². The third kappa shape index (κ3) is 2.68. The van der Waals surface area contributed by atoms with Crippen molar-refractivity contribution in [3.05, 3.63) is 29.3 Å². The largest absolute Gasteiger partial charge is 0.324 e. The monoisotopic (exact) mass is 308 g/mol. The van der Waals surface area contributed by atoms with Gasteiger partial charge in [0.2, 0.25) is 0 Å². The maximum Gasteiger partial charge on any atom is 0.128 e. The van der Waals surface area contributed by atoms with Crippen LogP contribution in [0, 0.1) is 18.7 Å². The van der Waals surface area contributed by atoms with Gasteiger partial charge in [-0.3, -0.25) is 0 Å². The number of fused-ring (bicyclic) bond motifs is 1. The van der Waals surface area contributed by atoms with E-state index in [1.807, 2.05) is 13.0 Å². The number of aryl methyl sites for hydroxylation is 1. The van der Waals surface area contributed by atoms with Crippen LogP contribution in [0.25, 0.3) is 11.0 Å². The summed E-state index contributed by atoms with van der Waals surface area (Å²) in [6.07, 6.45) is 6.16. The summed E-state index contributed by atoms with van der Waals surface area (Å²) < 4.78 is 16.0. The fourth-order valence-corrected chi connectivity index (χ4v) is 3.83. The number of alkyl halides is 1. The van der Waals surface area contributed by atoms with Gasteiger partial charge in [0.15, 0.2) is 0 Å². The summed E-state index contributed by atoms with van der Waals surface area (Å²) in [5, 5.41) is 0. The molecule has 4 heteroatoms. The van der Waals surface area contributed by atoms with E-state index in [9.17, 15) is 4.39 Å². The molecule has 2 atom stereocenters. The summed E-state index contributed by atoms with van der Waals surface area (Å²) in [6.45, 7) is 4.07. The van der Waals surface area contributed by atoms with E-state index < -0.39 is 0 Å². The van der Waals surface area contributed by atoms with Gasteiger partial charge >= 0.3 is 0 Å². The lowest BCUT2D eigenvalue weighted by Gasteiger charge is -2.30. The number of aromatic nitrogens is 2. The zero-order valence-electron chi connectivity index (χ0n) is 12.7. The van der Waals surface area contributed by atoms with Crippen LogP contribution >= 0.6 is 11.6 Å². The highest BCUT2D eigenvalue weighted by Crippen LogP contribution is 2.37. The quantitative estimate of drug-likeness (QED) is 0.698. The van der Waals surface area contributed by atoms with E-state index in [1.165, 1.54) is 38.2 Å². The number of hydrogen-bond donors (Lipinski definition) is 0. The maximum atomic E-state index is 13.8. The van der Waals surface area contributed by atoms with Crippen LogP contribution in [-0.2, 0) is 5.88 Å². The molecule has 0 bridgehead atoms. The average Bonchev–Trinajstić information content (AvgIpc) is 2.85. The van der Waals surface area contributed by atoms with E-state index in [4.69, 9.17) is 11.6 Å². The third-order valence-electron chi connectivity index (χ3n) is 4.86. The van der Waals surface area contributed by atoms with E-state index in [-0.39, 0.29) is 5.82 Å². The predicted octanol–water partition coefficient (Wildman–Crippen LogP) is 5.36. The van der Waals surface area contributed by atoms with Crippen molar-refractivity contribution in [1.29, 1.82) is 0 Å². The lowest BCUT2D eigenvalue weighted by Crippen LogP contribution is -2.20. The molecule has 1 aromatic heterocycles. The molecule has 0 aliphatic heterocycles. The number of rotatable bonds is 3. The molecule has 3 rings (SSSR count). The third-order valence-corrected chi connectivity index (χ3v) is 5.10. The van der Waals surface area contributed by atoms with Crippen LogP contribution in [0.5, 0.6) is 0 Å². The summed E-state index contributed by atoms with van der Waals surface area (Å²) in [5.41, 5.74) is 2.44. The van der Waals surface area contributed by atoms with Gasteiger partial charge in [0.1, 0.15) is 11.6 Å². The normalized spacial score (nSPS) is 22.9. The highest BCUT2D eigenvalue weighted by molar-refractivity contribution is 6.16. The molecule has 1 aliphatic carbocycles. The van der Waals surface area contributed by atoms with E-state index in [1.54, 1.807) is 0 Å². The Morgan fingerprint density at radius 1 is 1.38 bits per heavy atom. The zero-order chi connectivity index (χ0) is 15.0. The number of halogens is 2. The first kappa shape index (κ1) is 14.8. The minimum Gasteiger partial charge on any atom is -0.324 e. The molecule has 0 saturated heterocycles. The number of benzene rings is 1. The van der Waals surface area contributed by atoms with Gasteiger partial charge in [-0.1, -0.05) is 26.2 Å². The van der Waals surface area contributed by atoms with Gasteiger partial charge in [-0.25, -0.2) is 9.37 Å². The molecule has 21 heavy (non-hydrogen) atoms. The van der Waals surface area contributed by atoms with E-state index in [2.05, 4.69) is 16.5 Å². The van der Waals surface area contributed by atoms with Crippen LogP contribution in [0.2, 0.25) is 0 Å². The van der Waals surface area contributed by atoms with Gasteiger partial charge in [-0.15, -0.1) is 11.6 Å². The zero-order valence-corrected chi connectivity index (χ0v) is 13.5. The average molecular weight is 309 g/mol. The van der Waals surface area contributed by atoms with Crippen molar-refractivity contribution >= 4 is 22.6 Å². The minimum absolute atomic E-state index is 0.191. The summed E-state index contributed by atoms with van der Waals surface area (Å²) in [5.74, 6) is 1.84. The van der Waals surface area contributed by atoms with Crippen LogP contribution in [0.1, 0.15) is 56.5 Å². The minimum atomic E-state index is -0.191. The van der Waals surface area contributed by atoms with Gasteiger partial charge in [0.25, 0.3) is 0 Å². The topological polar surface area (TPSA) is 17.8 Å². The van der Waals surface area contributed by atoms with Gasteiger partial charge < -0.3 is 4.57 Å². The first-order chi connectivity index (χ1) is 10.1. The summed E-state index contributed by atoms with van der Waals surface area (Å²) in [6, 6.07) is 3.91. The Balaban J connectivity index is 2.09. The van der Waals surface area contributed by atoms with Crippen molar-refractivity contribution in [1.82, 2.24) is 9.55 Å². The Morgan fingerprint density at radius 3 is 2.90 bits per heavy atom. The Kier molecular flexibility index (Phi) is 4.21. The molecule has 2 nitrogen and oxygen atoms in total. The summed E-state index contributed by atoms with van der Waals surface area (Å²) in [4.78, 5) is 4.55. The Bertz CT molecular complexity index is 650. The van der Waals surface area contributed by atoms with E-state index in [0.29, 0.717) is 17.5 Å². The van der Waals surface area contributed by atoms with Crippen LogP contribution in [0.4, 0.5) is 4.39 Å². The second-order valence-electron chi connectivity index (χ2n) is 6.22. The predicted molar refractivity (Wildman–Crippen MR) is 85.3 cm³/mol. The molecular weight excluding hydrogens is 287 g/mol. The first-order valence-electron chi connectivity index (χ1n) is 7.87. The van der Waals surface area contributed by atoms with E-state index in [0.717, 1.165) is 22.8 Å². The molecule has 0 amide bonds. The van der Waals surface area contributed by atoms with Crippen LogP contribution in [0.3, 0.4) is 0 Å².